The molecule has 0 aliphatic heterocycles. The summed E-state index contributed by atoms with van der Waals surface area (Å²) in [6, 6.07) is 14.1. The number of aliphatic hydroxyl groups is 1. The average Bonchev–Trinajstić information content (AvgIpc) is 2.66. The number of halogens is 1. The lowest BCUT2D eigenvalue weighted by molar-refractivity contribution is -0.136. The average molecular weight is 384 g/mol. The highest BCUT2D eigenvalue weighted by Crippen LogP contribution is 2.28. The summed E-state index contributed by atoms with van der Waals surface area (Å²) in [7, 11) is 0. The third-order valence-corrected chi connectivity index (χ3v) is 4.87. The number of hydrogen-bond donors (Lipinski definition) is 3. The number of aryl methyl sites for hydroxylation is 1. The zero-order chi connectivity index (χ0) is 19.4. The minimum absolute atomic E-state index is 0.0335. The molecule has 0 radical (unpaired) electrons. The summed E-state index contributed by atoms with van der Waals surface area (Å²) in [5.74, 6) is -1.81. The first kappa shape index (κ1) is 18.9. The molecule has 2 amide bonds. The topological polar surface area (TPSA) is 102 Å². The Morgan fingerprint density at radius 3 is 2.67 bits per heavy atom. The molecular formula is C20H18ClN3O3. The number of fused-ring (bicyclic) bond motifs is 1. The summed E-state index contributed by atoms with van der Waals surface area (Å²) in [5, 5.41) is 25.0. The van der Waals surface area contributed by atoms with Crippen LogP contribution >= 0.6 is 11.6 Å². The van der Waals surface area contributed by atoms with Crippen molar-refractivity contribution in [2.24, 2.45) is 0 Å². The Balaban J connectivity index is 1.60. The third kappa shape index (κ3) is 4.45. The Hall–Kier alpha value is -2.88. The zero-order valence-corrected chi connectivity index (χ0v) is 15.2. The van der Waals surface area contributed by atoms with E-state index in [4.69, 9.17) is 16.9 Å². The SMILES string of the molecule is N#Cc1ccc(Cl)cc1NC(=O)C(=O)NCC1(O)CCc2ccccc2C1. The molecule has 3 N–H and O–H groups in total. The van der Waals surface area contributed by atoms with Crippen molar-refractivity contribution in [3.8, 4) is 6.07 Å². The molecule has 3 rings (SSSR count). The van der Waals surface area contributed by atoms with Gasteiger partial charge in [0.25, 0.3) is 0 Å². The first-order chi connectivity index (χ1) is 12.9. The highest BCUT2D eigenvalue weighted by Gasteiger charge is 2.33. The molecule has 27 heavy (non-hydrogen) atoms. The van der Waals surface area contributed by atoms with Gasteiger partial charge in [0.05, 0.1) is 16.9 Å². The molecule has 1 aliphatic rings. The number of rotatable bonds is 3. The van der Waals surface area contributed by atoms with Gasteiger partial charge in [-0.1, -0.05) is 35.9 Å². The Kier molecular flexibility index (Phi) is 5.45. The Bertz CT molecular complexity index is 938. The second-order valence-electron chi connectivity index (χ2n) is 6.61. The number of anilines is 1. The predicted molar refractivity (Wildman–Crippen MR) is 101 cm³/mol. The van der Waals surface area contributed by atoms with Crippen molar-refractivity contribution in [3.05, 3.63) is 64.2 Å². The van der Waals surface area contributed by atoms with Crippen molar-refractivity contribution in [1.29, 1.82) is 5.26 Å². The van der Waals surface area contributed by atoms with Crippen molar-refractivity contribution in [2.75, 3.05) is 11.9 Å². The molecule has 1 atom stereocenters. The molecule has 1 aliphatic carbocycles. The highest BCUT2D eigenvalue weighted by molar-refractivity contribution is 6.40. The predicted octanol–water partition coefficient (Wildman–Crippen LogP) is 2.19. The van der Waals surface area contributed by atoms with Gasteiger partial charge in [0.1, 0.15) is 6.07 Å². The van der Waals surface area contributed by atoms with Gasteiger partial charge in [0, 0.05) is 18.0 Å². The summed E-state index contributed by atoms with van der Waals surface area (Å²) >= 11 is 5.86. The second kappa shape index (κ2) is 7.78. The molecular weight excluding hydrogens is 366 g/mol. The van der Waals surface area contributed by atoms with Crippen LogP contribution in [-0.2, 0) is 22.4 Å². The van der Waals surface area contributed by atoms with E-state index in [1.54, 1.807) is 0 Å². The van der Waals surface area contributed by atoms with Gasteiger partial charge in [0.15, 0.2) is 0 Å². The zero-order valence-electron chi connectivity index (χ0n) is 14.5. The van der Waals surface area contributed by atoms with Crippen LogP contribution in [0, 0.1) is 11.3 Å². The van der Waals surface area contributed by atoms with E-state index < -0.39 is 17.4 Å². The van der Waals surface area contributed by atoms with Crippen LogP contribution in [0.1, 0.15) is 23.1 Å². The van der Waals surface area contributed by atoms with E-state index in [0.29, 0.717) is 24.3 Å². The van der Waals surface area contributed by atoms with Gasteiger partial charge in [-0.3, -0.25) is 9.59 Å². The van der Waals surface area contributed by atoms with Crippen LogP contribution in [0.2, 0.25) is 5.02 Å². The van der Waals surface area contributed by atoms with Gasteiger partial charge in [-0.05, 0) is 42.2 Å². The van der Waals surface area contributed by atoms with Gasteiger partial charge < -0.3 is 15.7 Å². The van der Waals surface area contributed by atoms with Crippen molar-refractivity contribution in [2.45, 2.75) is 24.9 Å². The maximum Gasteiger partial charge on any atom is 0.313 e. The lowest BCUT2D eigenvalue weighted by atomic mass is 9.80. The molecule has 1 unspecified atom stereocenters. The van der Waals surface area contributed by atoms with Crippen LogP contribution in [0.4, 0.5) is 5.69 Å². The number of nitriles is 1. The molecule has 0 saturated carbocycles. The standard InChI is InChI=1S/C20H18ClN3O3/c21-16-6-5-15(11-22)17(9-16)24-19(26)18(25)23-12-20(27)8-7-13-3-1-2-4-14(13)10-20/h1-6,9,27H,7-8,10,12H2,(H,23,25)(H,24,26). The molecule has 6 nitrogen and oxygen atoms in total. The molecule has 0 aromatic heterocycles. The monoisotopic (exact) mass is 383 g/mol. The third-order valence-electron chi connectivity index (χ3n) is 4.63. The summed E-state index contributed by atoms with van der Waals surface area (Å²) in [5.41, 5.74) is 1.50. The van der Waals surface area contributed by atoms with Gasteiger partial charge >= 0.3 is 11.8 Å². The summed E-state index contributed by atoms with van der Waals surface area (Å²) in [6.07, 6.45) is 1.62. The fourth-order valence-electron chi connectivity index (χ4n) is 3.16. The number of amides is 2. The molecule has 7 heteroatoms. The molecule has 0 spiro atoms. The van der Waals surface area contributed by atoms with Crippen molar-refractivity contribution < 1.29 is 14.7 Å². The molecule has 2 aromatic rings. The lowest BCUT2D eigenvalue weighted by Gasteiger charge is -2.33. The van der Waals surface area contributed by atoms with Crippen molar-refractivity contribution >= 4 is 29.1 Å². The number of carbonyl (C=O) groups excluding carboxylic acids is 2. The summed E-state index contributed by atoms with van der Waals surface area (Å²) in [6.45, 7) is -0.0335. The maximum absolute atomic E-state index is 12.1. The molecule has 0 heterocycles. The second-order valence-corrected chi connectivity index (χ2v) is 7.04. The molecule has 0 fully saturated rings. The van der Waals surface area contributed by atoms with Crippen LogP contribution in [-0.4, -0.2) is 29.1 Å². The van der Waals surface area contributed by atoms with E-state index in [9.17, 15) is 14.7 Å². The van der Waals surface area contributed by atoms with Crippen LogP contribution in [0.5, 0.6) is 0 Å². The number of carbonyl (C=O) groups is 2. The Morgan fingerprint density at radius 2 is 1.93 bits per heavy atom. The minimum atomic E-state index is -1.10. The number of nitrogens with one attached hydrogen (secondary N) is 2. The normalized spacial score (nSPS) is 18.1. The van der Waals surface area contributed by atoms with Gasteiger partial charge in [-0.2, -0.15) is 5.26 Å². The summed E-state index contributed by atoms with van der Waals surface area (Å²) in [4.78, 5) is 24.2. The van der Waals surface area contributed by atoms with Crippen molar-refractivity contribution in [1.82, 2.24) is 5.32 Å². The first-order valence-electron chi connectivity index (χ1n) is 8.48. The van der Waals surface area contributed by atoms with E-state index in [0.717, 1.165) is 5.56 Å². The largest absolute Gasteiger partial charge is 0.388 e. The summed E-state index contributed by atoms with van der Waals surface area (Å²) < 4.78 is 0. The fourth-order valence-corrected chi connectivity index (χ4v) is 3.33. The highest BCUT2D eigenvalue weighted by atomic mass is 35.5. The van der Waals surface area contributed by atoms with Crippen LogP contribution < -0.4 is 10.6 Å². The number of hydrogen-bond acceptors (Lipinski definition) is 4. The van der Waals surface area contributed by atoms with Crippen LogP contribution in [0.25, 0.3) is 0 Å². The van der Waals surface area contributed by atoms with E-state index in [2.05, 4.69) is 10.6 Å². The number of nitrogens with zero attached hydrogens (tertiary/aromatic N) is 1. The van der Waals surface area contributed by atoms with Crippen LogP contribution in [0.15, 0.2) is 42.5 Å². The molecule has 138 valence electrons. The first-order valence-corrected chi connectivity index (χ1v) is 8.86. The van der Waals surface area contributed by atoms with Gasteiger partial charge in [-0.15, -0.1) is 0 Å². The molecule has 0 bridgehead atoms. The van der Waals surface area contributed by atoms with Crippen molar-refractivity contribution in [3.63, 3.8) is 0 Å². The van der Waals surface area contributed by atoms with E-state index >= 15 is 0 Å². The molecule has 0 saturated heterocycles. The minimum Gasteiger partial charge on any atom is -0.388 e. The lowest BCUT2D eigenvalue weighted by Crippen LogP contribution is -2.49. The quantitative estimate of drug-likeness (QED) is 0.707. The van der Waals surface area contributed by atoms with E-state index in [1.807, 2.05) is 30.3 Å². The van der Waals surface area contributed by atoms with E-state index in [-0.39, 0.29) is 17.8 Å². The van der Waals surface area contributed by atoms with Crippen LogP contribution in [0.3, 0.4) is 0 Å². The van der Waals surface area contributed by atoms with Gasteiger partial charge in [-0.25, -0.2) is 0 Å². The van der Waals surface area contributed by atoms with E-state index in [1.165, 1.54) is 23.8 Å². The molecule has 2 aromatic carbocycles. The smallest absolute Gasteiger partial charge is 0.313 e. The Morgan fingerprint density at radius 1 is 1.19 bits per heavy atom. The van der Waals surface area contributed by atoms with Gasteiger partial charge in [0.2, 0.25) is 0 Å². The Labute approximate surface area is 161 Å². The fraction of sp³-hybridized carbons (Fsp3) is 0.250. The number of benzene rings is 2. The maximum atomic E-state index is 12.1.